The third kappa shape index (κ3) is 5.12. The number of hydrogen-bond acceptors (Lipinski definition) is 4. The monoisotopic (exact) mass is 366 g/mol. The van der Waals surface area contributed by atoms with E-state index in [0.29, 0.717) is 12.2 Å². The van der Waals surface area contributed by atoms with Crippen molar-refractivity contribution in [2.24, 2.45) is 5.41 Å². The summed E-state index contributed by atoms with van der Waals surface area (Å²) in [5.41, 5.74) is 0.461. The van der Waals surface area contributed by atoms with Gasteiger partial charge in [-0.2, -0.15) is 0 Å². The Morgan fingerprint density at radius 3 is 2.61 bits per heavy atom. The summed E-state index contributed by atoms with van der Waals surface area (Å²) in [4.78, 5) is -0.297. The Bertz CT molecular complexity index is 614. The number of aryl methyl sites for hydroxylation is 1. The molecule has 1 saturated heterocycles. The first kappa shape index (κ1) is 20.3. The van der Waals surface area contributed by atoms with Crippen molar-refractivity contribution in [3.05, 3.63) is 29.6 Å². The zero-order valence-corrected chi connectivity index (χ0v) is 15.0. The zero-order valence-electron chi connectivity index (χ0n) is 13.4. The molecular weight excluding hydrogens is 343 g/mol. The fraction of sp³-hybridized carbons (Fsp3) is 0.600. The average Bonchev–Trinajstić information content (AvgIpc) is 2.49. The van der Waals surface area contributed by atoms with Crippen LogP contribution in [0.1, 0.15) is 18.4 Å². The third-order valence-corrected chi connectivity index (χ3v) is 5.54. The largest absolute Gasteiger partial charge is 0.384 e. The molecule has 0 unspecified atom stereocenters. The summed E-state index contributed by atoms with van der Waals surface area (Å²) in [6, 6.07) is 4.08. The molecule has 0 spiro atoms. The van der Waals surface area contributed by atoms with Crippen LogP contribution >= 0.6 is 12.4 Å². The maximum atomic E-state index is 13.8. The van der Waals surface area contributed by atoms with Gasteiger partial charge in [-0.3, -0.25) is 0 Å². The Hall–Kier alpha value is -0.730. The summed E-state index contributed by atoms with van der Waals surface area (Å²) in [6.07, 6.45) is 1.64. The van der Waals surface area contributed by atoms with Gasteiger partial charge in [0.25, 0.3) is 0 Å². The van der Waals surface area contributed by atoms with E-state index < -0.39 is 15.8 Å². The number of ether oxygens (including phenoxy) is 1. The number of hydrogen-bond donors (Lipinski definition) is 2. The lowest BCUT2D eigenvalue weighted by Gasteiger charge is -2.37. The van der Waals surface area contributed by atoms with Gasteiger partial charge in [0.2, 0.25) is 10.0 Å². The summed E-state index contributed by atoms with van der Waals surface area (Å²) in [6.45, 7) is 4.11. The highest BCUT2D eigenvalue weighted by atomic mass is 35.5. The van der Waals surface area contributed by atoms with Crippen molar-refractivity contribution in [2.45, 2.75) is 24.7 Å². The molecule has 0 atom stereocenters. The minimum atomic E-state index is -3.87. The molecule has 0 radical (unpaired) electrons. The molecule has 0 saturated carbocycles. The molecule has 23 heavy (non-hydrogen) atoms. The minimum absolute atomic E-state index is 0. The number of nitrogens with one attached hydrogen (secondary N) is 2. The highest BCUT2D eigenvalue weighted by molar-refractivity contribution is 7.89. The van der Waals surface area contributed by atoms with Crippen molar-refractivity contribution >= 4 is 22.4 Å². The van der Waals surface area contributed by atoms with Crippen LogP contribution in [0.25, 0.3) is 0 Å². The molecule has 1 aromatic carbocycles. The summed E-state index contributed by atoms with van der Waals surface area (Å²) < 4.78 is 46.4. The van der Waals surface area contributed by atoms with Gasteiger partial charge < -0.3 is 10.1 Å². The van der Waals surface area contributed by atoms with E-state index in [2.05, 4.69) is 10.0 Å². The SMILES string of the molecule is COCC1(CNS(=O)(=O)c2cc(C)ccc2F)CCNCC1.Cl. The normalized spacial score (nSPS) is 17.5. The second kappa shape index (κ2) is 8.39. The van der Waals surface area contributed by atoms with E-state index in [1.54, 1.807) is 20.1 Å². The summed E-state index contributed by atoms with van der Waals surface area (Å²) in [5.74, 6) is -0.732. The van der Waals surface area contributed by atoms with Crippen LogP contribution in [-0.4, -0.2) is 41.8 Å². The molecule has 1 aromatic rings. The van der Waals surface area contributed by atoms with Gasteiger partial charge in [0, 0.05) is 19.1 Å². The number of halogens is 2. The van der Waals surface area contributed by atoms with Crippen LogP contribution in [0.4, 0.5) is 4.39 Å². The molecule has 1 aliphatic rings. The van der Waals surface area contributed by atoms with Crippen LogP contribution < -0.4 is 10.0 Å². The Morgan fingerprint density at radius 1 is 1.35 bits per heavy atom. The zero-order chi connectivity index (χ0) is 16.2. The molecule has 0 bridgehead atoms. The van der Waals surface area contributed by atoms with Gasteiger partial charge in [-0.1, -0.05) is 6.07 Å². The van der Waals surface area contributed by atoms with E-state index in [0.717, 1.165) is 25.9 Å². The van der Waals surface area contributed by atoms with E-state index in [4.69, 9.17) is 4.74 Å². The molecule has 0 amide bonds. The number of piperidine rings is 1. The molecule has 0 aliphatic carbocycles. The first-order chi connectivity index (χ1) is 10.4. The second-order valence-electron chi connectivity index (χ2n) is 5.94. The van der Waals surface area contributed by atoms with Gasteiger partial charge >= 0.3 is 0 Å². The number of benzene rings is 1. The fourth-order valence-corrected chi connectivity index (χ4v) is 4.10. The van der Waals surface area contributed by atoms with E-state index in [1.807, 2.05) is 0 Å². The molecule has 1 aliphatic heterocycles. The molecule has 2 N–H and O–H groups in total. The van der Waals surface area contributed by atoms with Crippen LogP contribution in [0.5, 0.6) is 0 Å². The van der Waals surface area contributed by atoms with Gasteiger partial charge in [-0.25, -0.2) is 17.5 Å². The first-order valence-electron chi connectivity index (χ1n) is 7.34. The van der Waals surface area contributed by atoms with Crippen molar-refractivity contribution in [3.8, 4) is 0 Å². The molecular formula is C15H24ClFN2O3S. The van der Waals surface area contributed by atoms with Crippen LogP contribution in [0.15, 0.2) is 23.1 Å². The van der Waals surface area contributed by atoms with E-state index in [-0.39, 0.29) is 29.3 Å². The van der Waals surface area contributed by atoms with Crippen molar-refractivity contribution in [1.29, 1.82) is 0 Å². The number of methoxy groups -OCH3 is 1. The second-order valence-corrected chi connectivity index (χ2v) is 7.68. The fourth-order valence-electron chi connectivity index (χ4n) is 2.78. The van der Waals surface area contributed by atoms with Crippen molar-refractivity contribution < 1.29 is 17.5 Å². The van der Waals surface area contributed by atoms with Gasteiger partial charge in [0.15, 0.2) is 0 Å². The molecule has 8 heteroatoms. The Morgan fingerprint density at radius 2 is 2.00 bits per heavy atom. The molecule has 1 heterocycles. The maximum absolute atomic E-state index is 13.8. The van der Waals surface area contributed by atoms with Crippen molar-refractivity contribution in [1.82, 2.24) is 10.0 Å². The maximum Gasteiger partial charge on any atom is 0.243 e. The first-order valence-corrected chi connectivity index (χ1v) is 8.82. The quantitative estimate of drug-likeness (QED) is 0.806. The van der Waals surface area contributed by atoms with Crippen LogP contribution in [0, 0.1) is 18.2 Å². The van der Waals surface area contributed by atoms with Crippen LogP contribution in [0.3, 0.4) is 0 Å². The van der Waals surface area contributed by atoms with Crippen LogP contribution in [0.2, 0.25) is 0 Å². The van der Waals surface area contributed by atoms with E-state index >= 15 is 0 Å². The highest BCUT2D eigenvalue weighted by Gasteiger charge is 2.34. The lowest BCUT2D eigenvalue weighted by Crippen LogP contribution is -2.47. The third-order valence-electron chi connectivity index (χ3n) is 4.13. The molecule has 0 aromatic heterocycles. The molecule has 5 nitrogen and oxygen atoms in total. The lowest BCUT2D eigenvalue weighted by molar-refractivity contribution is 0.0577. The molecule has 1 fully saturated rings. The Balaban J connectivity index is 0.00000264. The predicted molar refractivity (Wildman–Crippen MR) is 90.0 cm³/mol. The highest BCUT2D eigenvalue weighted by Crippen LogP contribution is 2.29. The minimum Gasteiger partial charge on any atom is -0.384 e. The Kier molecular flexibility index (Phi) is 7.41. The van der Waals surface area contributed by atoms with Crippen molar-refractivity contribution in [2.75, 3.05) is 33.4 Å². The molecule has 132 valence electrons. The van der Waals surface area contributed by atoms with Gasteiger partial charge in [0.05, 0.1) is 6.61 Å². The van der Waals surface area contributed by atoms with Crippen molar-refractivity contribution in [3.63, 3.8) is 0 Å². The smallest absolute Gasteiger partial charge is 0.243 e. The van der Waals surface area contributed by atoms with E-state index in [9.17, 15) is 12.8 Å². The summed E-state index contributed by atoms with van der Waals surface area (Å²) >= 11 is 0. The van der Waals surface area contributed by atoms with Gasteiger partial charge in [-0.15, -0.1) is 12.4 Å². The van der Waals surface area contributed by atoms with Crippen LogP contribution in [-0.2, 0) is 14.8 Å². The topological polar surface area (TPSA) is 67.4 Å². The summed E-state index contributed by atoms with van der Waals surface area (Å²) in [5, 5.41) is 3.25. The number of rotatable bonds is 6. The standard InChI is InChI=1S/C15H23FN2O3S.ClH/c1-12-3-4-13(16)14(9-12)22(19,20)18-10-15(11-21-2)5-7-17-8-6-15;/h3-4,9,17-18H,5-8,10-11H2,1-2H3;1H. The van der Waals surface area contributed by atoms with Gasteiger partial charge in [0.1, 0.15) is 10.7 Å². The average molecular weight is 367 g/mol. The van der Waals surface area contributed by atoms with E-state index in [1.165, 1.54) is 12.1 Å². The summed E-state index contributed by atoms with van der Waals surface area (Å²) in [7, 11) is -2.26. The van der Waals surface area contributed by atoms with Gasteiger partial charge in [-0.05, 0) is 50.6 Å². The lowest BCUT2D eigenvalue weighted by atomic mass is 9.80. The Labute approximate surface area is 143 Å². The molecule has 2 rings (SSSR count). The number of sulfonamides is 1. The predicted octanol–water partition coefficient (Wildman–Crippen LogP) is 1.85.